The van der Waals surface area contributed by atoms with Gasteiger partial charge in [0.2, 0.25) is 0 Å². The van der Waals surface area contributed by atoms with Crippen LogP contribution in [0.25, 0.3) is 5.69 Å². The number of amides is 1. The van der Waals surface area contributed by atoms with Crippen molar-refractivity contribution in [3.63, 3.8) is 0 Å². The van der Waals surface area contributed by atoms with Gasteiger partial charge in [-0.3, -0.25) is 4.79 Å². The summed E-state index contributed by atoms with van der Waals surface area (Å²) in [5, 5.41) is 15.2. The van der Waals surface area contributed by atoms with E-state index in [-0.39, 0.29) is 5.91 Å². The first-order chi connectivity index (χ1) is 15.8. The molecule has 6 nitrogen and oxygen atoms in total. The molecule has 1 aliphatic rings. The topological polar surface area (TPSA) is 72.7 Å². The van der Waals surface area contributed by atoms with Crippen LogP contribution in [0, 0.1) is 0 Å². The van der Waals surface area contributed by atoms with E-state index in [1.54, 1.807) is 16.4 Å². The molecular weight excluding hydrogens is 418 g/mol. The van der Waals surface area contributed by atoms with Crippen LogP contribution in [-0.4, -0.2) is 26.1 Å². The van der Waals surface area contributed by atoms with E-state index in [0.29, 0.717) is 17.9 Å². The number of rotatable bonds is 7. The van der Waals surface area contributed by atoms with Crippen molar-refractivity contribution in [1.82, 2.24) is 25.5 Å². The molecule has 0 bridgehead atoms. The van der Waals surface area contributed by atoms with Crippen molar-refractivity contribution in [2.24, 2.45) is 0 Å². The molecular formula is C25H23N5OS. The Morgan fingerprint density at radius 2 is 1.78 bits per heavy atom. The van der Waals surface area contributed by atoms with Gasteiger partial charge in [0.25, 0.3) is 5.91 Å². The van der Waals surface area contributed by atoms with Crippen LogP contribution in [0.5, 0.6) is 0 Å². The number of carbonyl (C=O) groups is 1. The quantitative estimate of drug-likeness (QED) is 0.431. The molecule has 0 radical (unpaired) electrons. The van der Waals surface area contributed by atoms with E-state index in [1.807, 2.05) is 54.6 Å². The zero-order valence-corrected chi connectivity index (χ0v) is 18.4. The third-order valence-corrected chi connectivity index (χ3v) is 6.71. The monoisotopic (exact) mass is 441 g/mol. The van der Waals surface area contributed by atoms with Crippen molar-refractivity contribution in [3.05, 3.63) is 101 Å². The summed E-state index contributed by atoms with van der Waals surface area (Å²) < 4.78 is 1.73. The molecule has 0 aliphatic heterocycles. The van der Waals surface area contributed by atoms with Gasteiger partial charge in [-0.15, -0.1) is 16.9 Å². The highest BCUT2D eigenvalue weighted by Crippen LogP contribution is 2.27. The van der Waals surface area contributed by atoms with Crippen LogP contribution >= 0.6 is 11.8 Å². The highest BCUT2D eigenvalue weighted by Gasteiger charge is 2.15. The number of fused-ring (bicyclic) bond motifs is 1. The Morgan fingerprint density at radius 3 is 2.69 bits per heavy atom. The molecule has 1 N–H and O–H groups in total. The number of benzene rings is 3. The molecule has 5 rings (SSSR count). The summed E-state index contributed by atoms with van der Waals surface area (Å²) in [7, 11) is 0. The summed E-state index contributed by atoms with van der Waals surface area (Å²) >= 11 is 1.56. The summed E-state index contributed by atoms with van der Waals surface area (Å²) in [4.78, 5) is 13.9. The standard InChI is InChI=1S/C25H23N5OS/c31-25(26-16-18-13-14-19-7-6-8-20(19)15-18)22-11-4-5-12-23(22)32-17-24-27-28-29-30(24)21-9-2-1-3-10-21/h1-5,9-15H,6-8,16-17H2,(H,26,31). The van der Waals surface area contributed by atoms with Crippen LogP contribution in [0.2, 0.25) is 0 Å². The average molecular weight is 442 g/mol. The minimum absolute atomic E-state index is 0.0729. The first-order valence-corrected chi connectivity index (χ1v) is 11.7. The largest absolute Gasteiger partial charge is 0.348 e. The molecule has 0 spiro atoms. The molecule has 0 saturated carbocycles. The molecule has 160 valence electrons. The van der Waals surface area contributed by atoms with E-state index >= 15 is 0 Å². The van der Waals surface area contributed by atoms with Crippen molar-refractivity contribution >= 4 is 17.7 Å². The van der Waals surface area contributed by atoms with Gasteiger partial charge in [-0.2, -0.15) is 4.68 Å². The van der Waals surface area contributed by atoms with Gasteiger partial charge in [-0.05, 0) is 70.6 Å². The Balaban J connectivity index is 1.26. The predicted octanol–water partition coefficient (Wildman–Crippen LogP) is 4.37. The summed E-state index contributed by atoms with van der Waals surface area (Å²) in [6.45, 7) is 0.525. The Kier molecular flexibility index (Phi) is 5.98. The maximum Gasteiger partial charge on any atom is 0.252 e. The van der Waals surface area contributed by atoms with Crippen LogP contribution in [0.4, 0.5) is 0 Å². The summed E-state index contributed by atoms with van der Waals surface area (Å²) in [6.07, 6.45) is 3.53. The van der Waals surface area contributed by atoms with Crippen LogP contribution < -0.4 is 5.32 Å². The number of tetrazole rings is 1. The lowest BCUT2D eigenvalue weighted by Gasteiger charge is -2.11. The van der Waals surface area contributed by atoms with E-state index in [0.717, 1.165) is 28.4 Å². The molecule has 1 heterocycles. The molecule has 1 aromatic heterocycles. The molecule has 4 aromatic rings. The maximum atomic E-state index is 13.0. The van der Waals surface area contributed by atoms with Gasteiger partial charge in [0.1, 0.15) is 0 Å². The Bertz CT molecular complexity index is 1240. The fourth-order valence-corrected chi connectivity index (χ4v) is 4.96. The highest BCUT2D eigenvalue weighted by molar-refractivity contribution is 7.98. The van der Waals surface area contributed by atoms with Crippen molar-refractivity contribution in [1.29, 1.82) is 0 Å². The van der Waals surface area contributed by atoms with Crippen LogP contribution in [0.1, 0.15) is 39.3 Å². The van der Waals surface area contributed by atoms with Crippen molar-refractivity contribution in [2.45, 2.75) is 36.5 Å². The molecule has 0 fully saturated rings. The van der Waals surface area contributed by atoms with Crippen molar-refractivity contribution in [2.75, 3.05) is 0 Å². The van der Waals surface area contributed by atoms with E-state index in [2.05, 4.69) is 39.0 Å². The SMILES string of the molecule is O=C(NCc1ccc2c(c1)CCC2)c1ccccc1SCc1nnnn1-c1ccccc1. The number of carbonyl (C=O) groups excluding carboxylic acids is 1. The molecule has 1 amide bonds. The lowest BCUT2D eigenvalue weighted by molar-refractivity contribution is 0.0948. The molecule has 0 unspecified atom stereocenters. The number of thioether (sulfide) groups is 1. The molecule has 32 heavy (non-hydrogen) atoms. The Hall–Kier alpha value is -3.45. The number of aryl methyl sites for hydroxylation is 2. The first-order valence-electron chi connectivity index (χ1n) is 10.7. The van der Waals surface area contributed by atoms with Crippen LogP contribution in [0.3, 0.4) is 0 Å². The van der Waals surface area contributed by atoms with Gasteiger partial charge in [0.05, 0.1) is 17.0 Å². The van der Waals surface area contributed by atoms with E-state index < -0.39 is 0 Å². The predicted molar refractivity (Wildman–Crippen MR) is 125 cm³/mol. The highest BCUT2D eigenvalue weighted by atomic mass is 32.2. The van der Waals surface area contributed by atoms with E-state index in [1.165, 1.54) is 24.0 Å². The van der Waals surface area contributed by atoms with Gasteiger partial charge in [0.15, 0.2) is 5.82 Å². The van der Waals surface area contributed by atoms with Crippen molar-refractivity contribution < 1.29 is 4.79 Å². The Morgan fingerprint density at radius 1 is 0.969 bits per heavy atom. The second-order valence-corrected chi connectivity index (χ2v) is 8.78. The normalized spacial score (nSPS) is 12.5. The smallest absolute Gasteiger partial charge is 0.252 e. The van der Waals surface area contributed by atoms with Crippen LogP contribution in [0.15, 0.2) is 77.7 Å². The lowest BCUT2D eigenvalue weighted by Crippen LogP contribution is -2.23. The minimum Gasteiger partial charge on any atom is -0.348 e. The second kappa shape index (κ2) is 9.36. The average Bonchev–Trinajstić information content (AvgIpc) is 3.51. The van der Waals surface area contributed by atoms with Gasteiger partial charge < -0.3 is 5.32 Å². The number of hydrogen-bond acceptors (Lipinski definition) is 5. The number of nitrogens with zero attached hydrogens (tertiary/aromatic N) is 4. The molecule has 3 aromatic carbocycles. The third-order valence-electron chi connectivity index (χ3n) is 5.64. The van der Waals surface area contributed by atoms with Crippen LogP contribution in [-0.2, 0) is 25.1 Å². The maximum absolute atomic E-state index is 13.0. The minimum atomic E-state index is -0.0729. The summed E-state index contributed by atoms with van der Waals surface area (Å²) in [5.41, 5.74) is 5.58. The number of aromatic nitrogens is 4. The number of hydrogen-bond donors (Lipinski definition) is 1. The summed E-state index contributed by atoms with van der Waals surface area (Å²) in [5.74, 6) is 1.21. The third kappa shape index (κ3) is 4.43. The van der Waals surface area contributed by atoms with E-state index in [9.17, 15) is 4.79 Å². The number of nitrogens with one attached hydrogen (secondary N) is 1. The van der Waals surface area contributed by atoms with Gasteiger partial charge >= 0.3 is 0 Å². The van der Waals surface area contributed by atoms with Gasteiger partial charge in [-0.25, -0.2) is 0 Å². The summed E-state index contributed by atoms with van der Waals surface area (Å²) in [6, 6.07) is 24.0. The van der Waals surface area contributed by atoms with Gasteiger partial charge in [-0.1, -0.05) is 48.5 Å². The second-order valence-electron chi connectivity index (χ2n) is 7.77. The fraction of sp³-hybridized carbons (Fsp3) is 0.200. The number of para-hydroxylation sites is 1. The molecule has 1 aliphatic carbocycles. The fourth-order valence-electron chi connectivity index (χ4n) is 4.00. The zero-order valence-electron chi connectivity index (χ0n) is 17.6. The lowest BCUT2D eigenvalue weighted by atomic mass is 10.1. The zero-order chi connectivity index (χ0) is 21.8. The molecule has 0 atom stereocenters. The first kappa shape index (κ1) is 20.5. The van der Waals surface area contributed by atoms with E-state index in [4.69, 9.17) is 0 Å². The Labute approximate surface area is 191 Å². The molecule has 0 saturated heterocycles. The molecule has 7 heteroatoms. The van der Waals surface area contributed by atoms with Gasteiger partial charge in [0, 0.05) is 11.4 Å². The van der Waals surface area contributed by atoms with Crippen molar-refractivity contribution in [3.8, 4) is 5.69 Å².